The van der Waals surface area contributed by atoms with E-state index in [9.17, 15) is 9.90 Å². The highest BCUT2D eigenvalue weighted by Gasteiger charge is 2.18. The van der Waals surface area contributed by atoms with Crippen molar-refractivity contribution in [1.82, 2.24) is 14.5 Å². The Morgan fingerprint density at radius 3 is 2.21 bits per heavy atom. The molecule has 4 rings (SSSR count). The minimum atomic E-state index is -0.960. The van der Waals surface area contributed by atoms with E-state index in [1.807, 2.05) is 53.1 Å². The van der Waals surface area contributed by atoms with Gasteiger partial charge in [0.15, 0.2) is 12.8 Å². The zero-order valence-corrected chi connectivity index (χ0v) is 16.0. The number of carboxylic acids is 1. The Balaban J connectivity index is 1.52. The molecule has 7 heteroatoms. The molecule has 4 aromatic rings. The average molecular weight is 391 g/mol. The van der Waals surface area contributed by atoms with Crippen LogP contribution in [-0.4, -0.2) is 38.3 Å². The molecule has 1 unspecified atom stereocenters. The van der Waals surface area contributed by atoms with Crippen LogP contribution in [0.2, 0.25) is 0 Å². The van der Waals surface area contributed by atoms with E-state index in [1.54, 1.807) is 19.3 Å². The number of nitrogens with zero attached hydrogens (tertiary/aromatic N) is 3. The number of hydrogen-bond acceptors (Lipinski definition) is 5. The van der Waals surface area contributed by atoms with Gasteiger partial charge in [0.1, 0.15) is 17.0 Å². The summed E-state index contributed by atoms with van der Waals surface area (Å²) in [7, 11) is 0. The van der Waals surface area contributed by atoms with Crippen molar-refractivity contribution in [2.75, 3.05) is 6.61 Å². The summed E-state index contributed by atoms with van der Waals surface area (Å²) < 4.78 is 13.2. The number of rotatable bonds is 8. The maximum absolute atomic E-state index is 11.2. The van der Waals surface area contributed by atoms with Gasteiger partial charge in [-0.2, -0.15) is 0 Å². The highest BCUT2D eigenvalue weighted by atomic mass is 16.5. The topological polar surface area (TPSA) is 86.5 Å². The molecule has 7 nitrogen and oxygen atoms in total. The van der Waals surface area contributed by atoms with Crippen LogP contribution in [0.3, 0.4) is 0 Å². The van der Waals surface area contributed by atoms with E-state index >= 15 is 0 Å². The number of aliphatic carboxylic acids is 1. The third kappa shape index (κ3) is 3.90. The molecule has 0 radical (unpaired) electrons. The highest BCUT2D eigenvalue weighted by Crippen LogP contribution is 2.26. The van der Waals surface area contributed by atoms with Crippen molar-refractivity contribution in [3.8, 4) is 5.75 Å². The van der Waals surface area contributed by atoms with Crippen LogP contribution in [-0.2, 0) is 22.7 Å². The number of benzene rings is 1. The molecule has 1 aromatic carbocycles. The summed E-state index contributed by atoms with van der Waals surface area (Å²) in [4.78, 5) is 20.2. The molecular weight excluding hydrogens is 370 g/mol. The van der Waals surface area contributed by atoms with Crippen LogP contribution in [0.5, 0.6) is 5.75 Å². The number of fused-ring (bicyclic) bond motifs is 3. The van der Waals surface area contributed by atoms with E-state index in [1.165, 1.54) is 0 Å². The molecule has 1 atom stereocenters. The molecule has 1 N–H and O–H groups in total. The second kappa shape index (κ2) is 8.28. The summed E-state index contributed by atoms with van der Waals surface area (Å²) in [5, 5.41) is 11.3. The smallest absolute Gasteiger partial charge is 0.333 e. The fourth-order valence-corrected chi connectivity index (χ4v) is 3.36. The lowest BCUT2D eigenvalue weighted by atomic mass is 10.1. The molecule has 3 heterocycles. The fraction of sp³-hybridized carbons (Fsp3) is 0.227. The first kappa shape index (κ1) is 18.9. The predicted octanol–water partition coefficient (Wildman–Crippen LogP) is 3.65. The van der Waals surface area contributed by atoms with Gasteiger partial charge in [-0.1, -0.05) is 12.1 Å². The quantitative estimate of drug-likeness (QED) is 0.493. The van der Waals surface area contributed by atoms with Gasteiger partial charge >= 0.3 is 5.97 Å². The molecule has 0 aliphatic rings. The zero-order valence-electron chi connectivity index (χ0n) is 16.0. The molecule has 3 aromatic heterocycles. The maximum Gasteiger partial charge on any atom is 0.333 e. The summed E-state index contributed by atoms with van der Waals surface area (Å²) in [6.45, 7) is 2.41. The van der Waals surface area contributed by atoms with Crippen LogP contribution in [0.25, 0.3) is 22.1 Å². The van der Waals surface area contributed by atoms with Gasteiger partial charge in [-0.25, -0.2) is 14.8 Å². The molecular formula is C22H21N3O4. The van der Waals surface area contributed by atoms with Crippen LogP contribution in [0, 0.1) is 0 Å². The van der Waals surface area contributed by atoms with Crippen LogP contribution in [0.15, 0.2) is 60.9 Å². The summed E-state index contributed by atoms with van der Waals surface area (Å²) in [6.07, 6.45) is 2.97. The molecule has 0 aliphatic heterocycles. The van der Waals surface area contributed by atoms with E-state index < -0.39 is 12.1 Å². The molecule has 0 saturated carbocycles. The van der Waals surface area contributed by atoms with Crippen molar-refractivity contribution in [2.24, 2.45) is 0 Å². The molecule has 0 fully saturated rings. The van der Waals surface area contributed by atoms with Crippen molar-refractivity contribution in [3.05, 3.63) is 66.5 Å². The third-order valence-electron chi connectivity index (χ3n) is 4.72. The van der Waals surface area contributed by atoms with E-state index in [-0.39, 0.29) is 6.73 Å². The molecule has 0 amide bonds. The molecule has 0 aliphatic carbocycles. The number of aromatic nitrogens is 3. The predicted molar refractivity (Wildman–Crippen MR) is 109 cm³/mol. The van der Waals surface area contributed by atoms with E-state index in [2.05, 4.69) is 9.97 Å². The Hall–Kier alpha value is -3.45. The van der Waals surface area contributed by atoms with Crippen molar-refractivity contribution in [3.63, 3.8) is 0 Å². The highest BCUT2D eigenvalue weighted by molar-refractivity contribution is 6.04. The minimum absolute atomic E-state index is 0.268. The number of pyridine rings is 2. The SMILES string of the molecule is CCOC(Cc1ccc(OCn2c3ncccc3c3cccnc32)cc1)C(=O)O. The number of ether oxygens (including phenoxy) is 2. The fourth-order valence-electron chi connectivity index (χ4n) is 3.36. The number of carbonyl (C=O) groups is 1. The standard InChI is InChI=1S/C22H21N3O4/c1-2-28-19(22(26)27)13-15-7-9-16(10-8-15)29-14-25-20-17(5-3-11-23-20)18-6-4-12-24-21(18)25/h3-12,19H,2,13-14H2,1H3,(H,26,27). The van der Waals surface area contributed by atoms with Gasteiger partial charge in [0.2, 0.25) is 0 Å². The van der Waals surface area contributed by atoms with Crippen LogP contribution in [0.4, 0.5) is 0 Å². The van der Waals surface area contributed by atoms with Gasteiger partial charge in [0, 0.05) is 36.2 Å². The van der Waals surface area contributed by atoms with E-state index in [4.69, 9.17) is 9.47 Å². The Bertz CT molecular complexity index is 1080. The number of carboxylic acid groups (broad SMARTS) is 1. The van der Waals surface area contributed by atoms with Gasteiger partial charge in [0.05, 0.1) is 0 Å². The van der Waals surface area contributed by atoms with Gasteiger partial charge in [-0.05, 0) is 48.9 Å². The average Bonchev–Trinajstić information content (AvgIpc) is 3.07. The van der Waals surface area contributed by atoms with Crippen molar-refractivity contribution in [2.45, 2.75) is 26.2 Å². The van der Waals surface area contributed by atoms with Crippen LogP contribution >= 0.6 is 0 Å². The monoisotopic (exact) mass is 391 g/mol. The summed E-state index contributed by atoms with van der Waals surface area (Å²) in [6, 6.07) is 15.2. The lowest BCUT2D eigenvalue weighted by molar-refractivity contribution is -0.149. The summed E-state index contributed by atoms with van der Waals surface area (Å²) in [5.74, 6) is -0.280. The van der Waals surface area contributed by atoms with Crippen LogP contribution in [0.1, 0.15) is 12.5 Å². The van der Waals surface area contributed by atoms with E-state index in [0.29, 0.717) is 18.8 Å². The first-order chi connectivity index (χ1) is 14.2. The second-order valence-corrected chi connectivity index (χ2v) is 6.58. The summed E-state index contributed by atoms with van der Waals surface area (Å²) in [5.41, 5.74) is 2.51. The first-order valence-corrected chi connectivity index (χ1v) is 9.41. The minimum Gasteiger partial charge on any atom is -0.479 e. The Labute approximate surface area is 167 Å². The zero-order chi connectivity index (χ0) is 20.2. The van der Waals surface area contributed by atoms with Gasteiger partial charge in [-0.3, -0.25) is 4.57 Å². The Morgan fingerprint density at radius 2 is 1.66 bits per heavy atom. The second-order valence-electron chi connectivity index (χ2n) is 6.58. The van der Waals surface area contributed by atoms with Crippen molar-refractivity contribution in [1.29, 1.82) is 0 Å². The van der Waals surface area contributed by atoms with Gasteiger partial charge in [0.25, 0.3) is 0 Å². The largest absolute Gasteiger partial charge is 0.479 e. The lowest BCUT2D eigenvalue weighted by Gasteiger charge is -2.13. The van der Waals surface area contributed by atoms with Crippen molar-refractivity contribution >= 4 is 28.0 Å². The third-order valence-corrected chi connectivity index (χ3v) is 4.72. The number of hydrogen-bond donors (Lipinski definition) is 1. The van der Waals surface area contributed by atoms with Crippen molar-refractivity contribution < 1.29 is 19.4 Å². The van der Waals surface area contributed by atoms with E-state index in [0.717, 1.165) is 27.6 Å². The normalized spacial score (nSPS) is 12.3. The molecule has 0 bridgehead atoms. The van der Waals surface area contributed by atoms with Gasteiger partial charge < -0.3 is 14.6 Å². The molecule has 29 heavy (non-hydrogen) atoms. The molecule has 0 spiro atoms. The molecule has 0 saturated heterocycles. The Kier molecular flexibility index (Phi) is 5.39. The molecule has 148 valence electrons. The van der Waals surface area contributed by atoms with Crippen LogP contribution < -0.4 is 4.74 Å². The lowest BCUT2D eigenvalue weighted by Crippen LogP contribution is -2.26. The maximum atomic E-state index is 11.2. The van der Waals surface area contributed by atoms with Gasteiger partial charge in [-0.15, -0.1) is 0 Å². The first-order valence-electron chi connectivity index (χ1n) is 9.41. The summed E-state index contributed by atoms with van der Waals surface area (Å²) >= 11 is 0. The Morgan fingerprint density at radius 1 is 1.03 bits per heavy atom.